The van der Waals surface area contributed by atoms with Gasteiger partial charge in [0.15, 0.2) is 6.04 Å². The van der Waals surface area contributed by atoms with Crippen molar-refractivity contribution in [2.45, 2.75) is 29.1 Å². The molecule has 0 spiro atoms. The smallest absolute Gasteiger partial charge is 0.283 e. The highest BCUT2D eigenvalue weighted by atomic mass is 32.2. The second-order valence-electron chi connectivity index (χ2n) is 7.12. The number of hydrogen-bond donors (Lipinski definition) is 2. The molecule has 1 saturated carbocycles. The quantitative estimate of drug-likeness (QED) is 0.740. The van der Waals surface area contributed by atoms with Gasteiger partial charge in [-0.05, 0) is 24.3 Å². The molecule has 1 aromatic heterocycles. The van der Waals surface area contributed by atoms with E-state index < -0.39 is 10.0 Å². The maximum Gasteiger partial charge on any atom is 0.283 e. The van der Waals surface area contributed by atoms with E-state index >= 15 is 0 Å². The van der Waals surface area contributed by atoms with Crippen LogP contribution in [0.4, 0.5) is 0 Å². The maximum atomic E-state index is 12.9. The lowest BCUT2D eigenvalue weighted by Gasteiger charge is -2.35. The molecule has 1 aromatic carbocycles. The van der Waals surface area contributed by atoms with Crippen LogP contribution in [0.3, 0.4) is 0 Å². The summed E-state index contributed by atoms with van der Waals surface area (Å²) in [4.78, 5) is 14.0. The van der Waals surface area contributed by atoms with Crippen LogP contribution in [0.15, 0.2) is 52.1 Å². The lowest BCUT2D eigenvalue weighted by atomic mass is 10.0. The summed E-state index contributed by atoms with van der Waals surface area (Å²) < 4.78 is 27.4. The number of nitrogens with one attached hydrogen (secondary N) is 2. The molecule has 0 radical (unpaired) electrons. The van der Waals surface area contributed by atoms with Gasteiger partial charge < -0.3 is 10.2 Å². The number of quaternary nitrogens is 1. The number of benzene rings is 1. The average molecular weight is 407 g/mol. The molecule has 1 atom stereocenters. The third-order valence-corrected chi connectivity index (χ3v) is 8.45. The highest BCUT2D eigenvalue weighted by Crippen LogP contribution is 2.22. The van der Waals surface area contributed by atoms with Crippen molar-refractivity contribution < 1.29 is 18.1 Å². The molecule has 0 unspecified atom stereocenters. The Hall–Kier alpha value is -1.74. The van der Waals surface area contributed by atoms with Crippen LogP contribution in [0.25, 0.3) is 0 Å². The third-order valence-electron chi connectivity index (χ3n) is 5.18. The fourth-order valence-corrected chi connectivity index (χ4v) is 6.16. The highest BCUT2D eigenvalue weighted by Gasteiger charge is 2.39. The molecule has 0 bridgehead atoms. The van der Waals surface area contributed by atoms with E-state index in [1.54, 1.807) is 21.8 Å². The summed E-state index contributed by atoms with van der Waals surface area (Å²) >= 11 is 1.25. The molecule has 2 heterocycles. The molecule has 1 aliphatic carbocycles. The van der Waals surface area contributed by atoms with Gasteiger partial charge in [0, 0.05) is 11.6 Å². The zero-order valence-electron chi connectivity index (χ0n) is 15.0. The fraction of sp³-hybridized carbons (Fsp3) is 0.421. The summed E-state index contributed by atoms with van der Waals surface area (Å²) in [5, 5.41) is 4.90. The SMILES string of the molecule is O=C(NC1CC1)[C@@H](c1ccccc1)[NH+]1CCN(S(=O)(=O)c2cccs2)CC1. The number of thiophene rings is 1. The number of amides is 1. The van der Waals surface area contributed by atoms with E-state index in [1.165, 1.54) is 11.3 Å². The molecule has 2 aliphatic rings. The Morgan fingerprint density at radius 2 is 1.81 bits per heavy atom. The summed E-state index contributed by atoms with van der Waals surface area (Å²) in [6, 6.07) is 13.2. The van der Waals surface area contributed by atoms with Gasteiger partial charge in [0.25, 0.3) is 15.9 Å². The van der Waals surface area contributed by atoms with Gasteiger partial charge >= 0.3 is 0 Å². The Labute approximate surface area is 163 Å². The van der Waals surface area contributed by atoms with Gasteiger partial charge in [-0.25, -0.2) is 8.42 Å². The average Bonchev–Trinajstić information content (AvgIpc) is 3.31. The van der Waals surface area contributed by atoms with Crippen LogP contribution in [-0.4, -0.2) is 50.9 Å². The first kappa shape index (κ1) is 18.6. The second-order valence-corrected chi connectivity index (χ2v) is 10.2. The summed E-state index contributed by atoms with van der Waals surface area (Å²) in [6.45, 7) is 2.08. The predicted molar refractivity (Wildman–Crippen MR) is 104 cm³/mol. The predicted octanol–water partition coefficient (Wildman–Crippen LogP) is 0.657. The number of carbonyl (C=O) groups is 1. The van der Waals surface area contributed by atoms with Gasteiger partial charge in [0.2, 0.25) is 0 Å². The Morgan fingerprint density at radius 3 is 2.41 bits per heavy atom. The van der Waals surface area contributed by atoms with Crippen molar-refractivity contribution in [1.82, 2.24) is 9.62 Å². The number of rotatable bonds is 6. The first-order valence-electron chi connectivity index (χ1n) is 9.29. The molecular weight excluding hydrogens is 382 g/mol. The molecule has 4 rings (SSSR count). The van der Waals surface area contributed by atoms with Crippen LogP contribution in [-0.2, 0) is 14.8 Å². The van der Waals surface area contributed by atoms with Gasteiger partial charge in [0.1, 0.15) is 4.21 Å². The minimum atomic E-state index is -3.42. The Morgan fingerprint density at radius 1 is 1.11 bits per heavy atom. The molecule has 1 saturated heterocycles. The normalized spacial score (nSPS) is 20.3. The van der Waals surface area contributed by atoms with Crippen LogP contribution in [0.5, 0.6) is 0 Å². The van der Waals surface area contributed by atoms with Crippen molar-refractivity contribution in [3.63, 3.8) is 0 Å². The lowest BCUT2D eigenvalue weighted by Crippen LogP contribution is -3.16. The van der Waals surface area contributed by atoms with E-state index in [9.17, 15) is 13.2 Å². The number of carbonyl (C=O) groups excluding carboxylic acids is 1. The maximum absolute atomic E-state index is 12.9. The topological polar surface area (TPSA) is 70.9 Å². The van der Waals surface area contributed by atoms with Gasteiger partial charge in [-0.2, -0.15) is 4.31 Å². The zero-order chi connectivity index (χ0) is 18.9. The number of sulfonamides is 1. The number of piperazine rings is 1. The minimum Gasteiger partial charge on any atom is -0.348 e. The molecule has 2 aromatic rings. The summed E-state index contributed by atoms with van der Waals surface area (Å²) in [7, 11) is -3.42. The summed E-state index contributed by atoms with van der Waals surface area (Å²) in [5.74, 6) is 0.0493. The molecule has 1 amide bonds. The van der Waals surface area contributed by atoms with Crippen LogP contribution < -0.4 is 10.2 Å². The van der Waals surface area contributed by atoms with Gasteiger partial charge in [0.05, 0.1) is 26.2 Å². The van der Waals surface area contributed by atoms with Crippen LogP contribution in [0, 0.1) is 0 Å². The van der Waals surface area contributed by atoms with Crippen molar-refractivity contribution in [2.75, 3.05) is 26.2 Å². The molecule has 2 fully saturated rings. The second kappa shape index (κ2) is 7.71. The standard InChI is InChI=1S/C19H23N3O3S2/c23-19(20-16-8-9-16)18(15-5-2-1-3-6-15)21-10-12-22(13-11-21)27(24,25)17-7-4-14-26-17/h1-7,14,16,18H,8-13H2,(H,20,23)/p+1/t18-/m1/s1. The van der Waals surface area contributed by atoms with E-state index in [0.29, 0.717) is 36.4 Å². The van der Waals surface area contributed by atoms with Crippen LogP contribution >= 0.6 is 11.3 Å². The van der Waals surface area contributed by atoms with Gasteiger partial charge in [-0.3, -0.25) is 4.79 Å². The van der Waals surface area contributed by atoms with Crippen molar-refractivity contribution in [3.8, 4) is 0 Å². The van der Waals surface area contributed by atoms with E-state index in [4.69, 9.17) is 0 Å². The first-order chi connectivity index (χ1) is 13.1. The van der Waals surface area contributed by atoms with Crippen molar-refractivity contribution in [1.29, 1.82) is 0 Å². The van der Waals surface area contributed by atoms with Crippen molar-refractivity contribution in [3.05, 3.63) is 53.4 Å². The number of nitrogens with zero attached hydrogens (tertiary/aromatic N) is 1. The highest BCUT2D eigenvalue weighted by molar-refractivity contribution is 7.91. The van der Waals surface area contributed by atoms with Crippen LogP contribution in [0.1, 0.15) is 24.4 Å². The fourth-order valence-electron chi connectivity index (χ4n) is 3.57. The molecule has 6 nitrogen and oxygen atoms in total. The lowest BCUT2D eigenvalue weighted by molar-refractivity contribution is -0.925. The zero-order valence-corrected chi connectivity index (χ0v) is 16.6. The van der Waals surface area contributed by atoms with Gasteiger partial charge in [-0.15, -0.1) is 11.3 Å². The van der Waals surface area contributed by atoms with Crippen molar-refractivity contribution >= 4 is 27.3 Å². The molecule has 27 heavy (non-hydrogen) atoms. The Kier molecular flexibility index (Phi) is 5.32. The summed E-state index contributed by atoms with van der Waals surface area (Å²) in [5.41, 5.74) is 0.986. The molecule has 144 valence electrons. The monoisotopic (exact) mass is 406 g/mol. The molecular formula is C19H24N3O3S2+. The first-order valence-corrected chi connectivity index (χ1v) is 11.6. The van der Waals surface area contributed by atoms with E-state index in [2.05, 4.69) is 5.32 Å². The Bertz CT molecular complexity index is 872. The Balaban J connectivity index is 1.49. The van der Waals surface area contributed by atoms with E-state index in [0.717, 1.165) is 23.3 Å². The van der Waals surface area contributed by atoms with E-state index in [-0.39, 0.29) is 11.9 Å². The third kappa shape index (κ3) is 4.08. The molecule has 2 N–H and O–H groups in total. The van der Waals surface area contributed by atoms with Crippen molar-refractivity contribution in [2.24, 2.45) is 0 Å². The number of hydrogen-bond acceptors (Lipinski definition) is 4. The molecule has 8 heteroatoms. The summed E-state index contributed by atoms with van der Waals surface area (Å²) in [6.07, 6.45) is 2.10. The van der Waals surface area contributed by atoms with E-state index in [1.807, 2.05) is 30.3 Å². The molecule has 1 aliphatic heterocycles. The van der Waals surface area contributed by atoms with Crippen LogP contribution in [0.2, 0.25) is 0 Å². The van der Waals surface area contributed by atoms with Gasteiger partial charge in [-0.1, -0.05) is 36.4 Å². The minimum absolute atomic E-state index is 0.0493. The largest absolute Gasteiger partial charge is 0.348 e.